The highest BCUT2D eigenvalue weighted by atomic mass is 32.1. The average Bonchev–Trinajstić information content (AvgIpc) is 3.21. The van der Waals surface area contributed by atoms with Crippen LogP contribution < -0.4 is 0 Å². The van der Waals surface area contributed by atoms with Gasteiger partial charge in [0.2, 0.25) is 0 Å². The second-order valence-corrected chi connectivity index (χ2v) is 7.36. The van der Waals surface area contributed by atoms with Crippen LogP contribution in [0.25, 0.3) is 0 Å². The molecule has 1 aliphatic heterocycles. The molecular weight excluding hydrogens is 294 g/mol. The molecule has 0 spiro atoms. The normalized spacial score (nSPS) is 23.0. The van der Waals surface area contributed by atoms with E-state index in [-0.39, 0.29) is 5.91 Å². The number of carbonyl (C=O) groups is 1. The highest BCUT2D eigenvalue weighted by molar-refractivity contribution is 7.08. The van der Waals surface area contributed by atoms with Crippen LogP contribution in [0.4, 0.5) is 0 Å². The predicted octanol–water partition coefficient (Wildman–Crippen LogP) is 3.07. The largest absolute Gasteiger partial charge is 0.338 e. The molecule has 2 aromatic heterocycles. The molecule has 0 unspecified atom stereocenters. The molecule has 1 aliphatic carbocycles. The standard InChI is InChI=1S/C17H19N3OS/c1-10(2)16-18-6-13-14-8-20(7-12(14)5-15(13)19-16)17(21)11-3-4-22-9-11/h3-4,6,9-10,12,14H,5,7-8H2,1-2H3/t12-,14-/m1/s1. The first-order valence-corrected chi connectivity index (χ1v) is 8.75. The Morgan fingerprint density at radius 3 is 3.00 bits per heavy atom. The van der Waals surface area contributed by atoms with Gasteiger partial charge >= 0.3 is 0 Å². The van der Waals surface area contributed by atoms with E-state index in [0.717, 1.165) is 30.9 Å². The van der Waals surface area contributed by atoms with Crippen molar-refractivity contribution in [1.29, 1.82) is 0 Å². The van der Waals surface area contributed by atoms with Crippen LogP contribution >= 0.6 is 11.3 Å². The van der Waals surface area contributed by atoms with Crippen LogP contribution in [0, 0.1) is 5.92 Å². The summed E-state index contributed by atoms with van der Waals surface area (Å²) in [5, 5.41) is 3.89. The van der Waals surface area contributed by atoms with Crippen molar-refractivity contribution in [2.45, 2.75) is 32.1 Å². The first kappa shape index (κ1) is 13.9. The summed E-state index contributed by atoms with van der Waals surface area (Å²) in [5.74, 6) is 2.39. The zero-order valence-corrected chi connectivity index (χ0v) is 13.6. The summed E-state index contributed by atoms with van der Waals surface area (Å²) in [6.45, 7) is 5.89. The van der Waals surface area contributed by atoms with E-state index < -0.39 is 0 Å². The van der Waals surface area contributed by atoms with Crippen LogP contribution in [0.3, 0.4) is 0 Å². The van der Waals surface area contributed by atoms with E-state index in [1.807, 2.05) is 27.9 Å². The van der Waals surface area contributed by atoms with Gasteiger partial charge in [-0.3, -0.25) is 4.79 Å². The third kappa shape index (κ3) is 2.15. The van der Waals surface area contributed by atoms with Gasteiger partial charge in [-0.15, -0.1) is 0 Å². The van der Waals surface area contributed by atoms with Gasteiger partial charge in [-0.1, -0.05) is 13.8 Å². The smallest absolute Gasteiger partial charge is 0.254 e. The number of hydrogen-bond donors (Lipinski definition) is 0. The molecule has 3 heterocycles. The third-order valence-electron chi connectivity index (χ3n) is 4.79. The Morgan fingerprint density at radius 2 is 2.27 bits per heavy atom. The van der Waals surface area contributed by atoms with Crippen molar-refractivity contribution < 1.29 is 4.79 Å². The molecule has 4 nitrogen and oxygen atoms in total. The topological polar surface area (TPSA) is 46.1 Å². The summed E-state index contributed by atoms with van der Waals surface area (Å²) < 4.78 is 0. The van der Waals surface area contributed by atoms with Gasteiger partial charge in [-0.25, -0.2) is 9.97 Å². The molecule has 2 aromatic rings. The molecule has 2 aliphatic rings. The van der Waals surface area contributed by atoms with Gasteiger partial charge in [0.25, 0.3) is 5.91 Å². The second-order valence-electron chi connectivity index (χ2n) is 6.58. The van der Waals surface area contributed by atoms with E-state index in [0.29, 0.717) is 17.8 Å². The number of nitrogens with zero attached hydrogens (tertiary/aromatic N) is 3. The van der Waals surface area contributed by atoms with E-state index in [1.54, 1.807) is 11.3 Å². The minimum Gasteiger partial charge on any atom is -0.338 e. The predicted molar refractivity (Wildman–Crippen MR) is 86.3 cm³/mol. The first-order valence-electron chi connectivity index (χ1n) is 7.80. The van der Waals surface area contributed by atoms with Crippen LogP contribution in [-0.4, -0.2) is 33.9 Å². The van der Waals surface area contributed by atoms with Crippen LogP contribution in [0.5, 0.6) is 0 Å². The fraction of sp³-hybridized carbons (Fsp3) is 0.471. The van der Waals surface area contributed by atoms with Gasteiger partial charge in [0.15, 0.2) is 0 Å². The van der Waals surface area contributed by atoms with Gasteiger partial charge in [-0.05, 0) is 29.3 Å². The van der Waals surface area contributed by atoms with Crippen molar-refractivity contribution in [3.63, 3.8) is 0 Å². The molecular formula is C17H19N3OS. The third-order valence-corrected chi connectivity index (χ3v) is 5.47. The zero-order valence-electron chi connectivity index (χ0n) is 12.8. The van der Waals surface area contributed by atoms with Crippen molar-refractivity contribution in [3.8, 4) is 0 Å². The maximum atomic E-state index is 12.5. The molecule has 0 saturated carbocycles. The van der Waals surface area contributed by atoms with Gasteiger partial charge in [-0.2, -0.15) is 11.3 Å². The highest BCUT2D eigenvalue weighted by Crippen LogP contribution is 2.42. The van der Waals surface area contributed by atoms with Crippen LogP contribution in [0.15, 0.2) is 23.0 Å². The van der Waals surface area contributed by atoms with Crippen molar-refractivity contribution in [2.24, 2.45) is 5.92 Å². The lowest BCUT2D eigenvalue weighted by Crippen LogP contribution is -2.29. The van der Waals surface area contributed by atoms with E-state index in [4.69, 9.17) is 4.98 Å². The molecule has 22 heavy (non-hydrogen) atoms. The molecule has 114 valence electrons. The monoisotopic (exact) mass is 313 g/mol. The lowest BCUT2D eigenvalue weighted by molar-refractivity contribution is 0.0785. The summed E-state index contributed by atoms with van der Waals surface area (Å²) in [6, 6.07) is 1.91. The van der Waals surface area contributed by atoms with Crippen molar-refractivity contribution >= 4 is 17.2 Å². The summed E-state index contributed by atoms with van der Waals surface area (Å²) in [7, 11) is 0. The minimum atomic E-state index is 0.164. The minimum absolute atomic E-state index is 0.164. The first-order chi connectivity index (χ1) is 10.6. The molecule has 5 heteroatoms. The summed E-state index contributed by atoms with van der Waals surface area (Å²) in [6.07, 6.45) is 2.98. The van der Waals surface area contributed by atoms with Crippen molar-refractivity contribution in [2.75, 3.05) is 13.1 Å². The quantitative estimate of drug-likeness (QED) is 0.856. The van der Waals surface area contributed by atoms with Gasteiger partial charge in [0, 0.05) is 42.2 Å². The number of likely N-dealkylation sites (tertiary alicyclic amines) is 1. The Hall–Kier alpha value is -1.75. The molecule has 4 rings (SSSR count). The Bertz CT molecular complexity index is 711. The number of thiophene rings is 1. The maximum absolute atomic E-state index is 12.5. The summed E-state index contributed by atoms with van der Waals surface area (Å²) in [5.41, 5.74) is 3.28. The molecule has 0 radical (unpaired) electrons. The number of amides is 1. The number of aromatic nitrogens is 2. The van der Waals surface area contributed by atoms with Gasteiger partial charge in [0.1, 0.15) is 5.82 Å². The Kier molecular flexibility index (Phi) is 3.26. The van der Waals surface area contributed by atoms with Gasteiger partial charge in [0.05, 0.1) is 5.56 Å². The van der Waals surface area contributed by atoms with Crippen molar-refractivity contribution in [3.05, 3.63) is 45.7 Å². The molecule has 2 atom stereocenters. The van der Waals surface area contributed by atoms with E-state index in [2.05, 4.69) is 18.8 Å². The number of rotatable bonds is 2. The highest BCUT2D eigenvalue weighted by Gasteiger charge is 2.42. The molecule has 0 aromatic carbocycles. The fourth-order valence-electron chi connectivity index (χ4n) is 3.61. The van der Waals surface area contributed by atoms with Gasteiger partial charge < -0.3 is 4.90 Å². The molecule has 0 N–H and O–H groups in total. The average molecular weight is 313 g/mol. The summed E-state index contributed by atoms with van der Waals surface area (Å²) >= 11 is 1.57. The Labute approximate surface area is 134 Å². The zero-order chi connectivity index (χ0) is 15.3. The maximum Gasteiger partial charge on any atom is 0.254 e. The summed E-state index contributed by atoms with van der Waals surface area (Å²) in [4.78, 5) is 23.8. The Morgan fingerprint density at radius 1 is 1.41 bits per heavy atom. The van der Waals surface area contributed by atoms with Crippen LogP contribution in [-0.2, 0) is 6.42 Å². The lowest BCUT2D eigenvalue weighted by atomic mass is 9.97. The molecule has 0 bridgehead atoms. The van der Waals surface area contributed by atoms with Crippen LogP contribution in [0.1, 0.15) is 53.1 Å². The van der Waals surface area contributed by atoms with E-state index in [1.165, 1.54) is 11.3 Å². The number of hydrogen-bond acceptors (Lipinski definition) is 4. The Balaban J connectivity index is 1.56. The number of fused-ring (bicyclic) bond motifs is 3. The SMILES string of the molecule is CC(C)c1ncc2c(n1)C[C@@H]1CN(C(=O)c3ccsc3)C[C@@H]21. The molecule has 1 amide bonds. The van der Waals surface area contributed by atoms with E-state index >= 15 is 0 Å². The molecule has 1 fully saturated rings. The molecule has 1 saturated heterocycles. The van der Waals surface area contributed by atoms with Crippen molar-refractivity contribution in [1.82, 2.24) is 14.9 Å². The number of carbonyl (C=O) groups excluding carboxylic acids is 1. The van der Waals surface area contributed by atoms with E-state index in [9.17, 15) is 4.79 Å². The second kappa shape index (κ2) is 5.16. The fourth-order valence-corrected chi connectivity index (χ4v) is 4.24. The lowest BCUT2D eigenvalue weighted by Gasteiger charge is -2.17. The van der Waals surface area contributed by atoms with Crippen LogP contribution in [0.2, 0.25) is 0 Å².